The maximum atomic E-state index is 5.33. The molecule has 1 aromatic carbocycles. The topological polar surface area (TPSA) is 60.0 Å². The number of benzene rings is 1. The van der Waals surface area contributed by atoms with Crippen molar-refractivity contribution >= 4 is 0 Å². The molecule has 1 aromatic heterocycles. The molecular weight excluding hydrogens is 266 g/mol. The van der Waals surface area contributed by atoms with Crippen LogP contribution in [0.15, 0.2) is 18.2 Å². The van der Waals surface area contributed by atoms with Gasteiger partial charge in [-0.15, -0.1) is 0 Å². The van der Waals surface area contributed by atoms with Gasteiger partial charge in [0.05, 0.1) is 14.2 Å². The number of ether oxygens (including phenoxy) is 2. The van der Waals surface area contributed by atoms with Gasteiger partial charge in [0.25, 0.3) is 0 Å². The molecule has 3 rings (SSSR count). The Labute approximate surface area is 124 Å². The summed E-state index contributed by atoms with van der Waals surface area (Å²) in [6, 6.07) is 5.93. The van der Waals surface area contributed by atoms with E-state index in [4.69, 9.17) is 9.47 Å². The fraction of sp³-hybridized carbons (Fsp3) is 0.500. The molecular formula is C16H21N3O2. The summed E-state index contributed by atoms with van der Waals surface area (Å²) in [6.07, 6.45) is 5.75. The SMILES string of the molecule is COc1ccc(Cc2nc(C3CCCC3)n[nH]2)cc1OC. The molecule has 5 nitrogen and oxygen atoms in total. The first kappa shape index (κ1) is 13.9. The van der Waals surface area contributed by atoms with Crippen LogP contribution in [0.3, 0.4) is 0 Å². The average molecular weight is 287 g/mol. The van der Waals surface area contributed by atoms with Crippen molar-refractivity contribution in [3.05, 3.63) is 35.4 Å². The van der Waals surface area contributed by atoms with Crippen LogP contribution in [0.2, 0.25) is 0 Å². The third kappa shape index (κ3) is 3.01. The molecule has 1 saturated carbocycles. The van der Waals surface area contributed by atoms with Gasteiger partial charge < -0.3 is 9.47 Å². The molecule has 1 N–H and O–H groups in total. The number of nitrogens with one attached hydrogen (secondary N) is 1. The lowest BCUT2D eigenvalue weighted by Crippen LogP contribution is -1.96. The number of rotatable bonds is 5. The van der Waals surface area contributed by atoms with Gasteiger partial charge in [-0.1, -0.05) is 18.9 Å². The number of aromatic amines is 1. The largest absolute Gasteiger partial charge is 0.493 e. The van der Waals surface area contributed by atoms with Gasteiger partial charge in [-0.25, -0.2) is 4.98 Å². The van der Waals surface area contributed by atoms with Crippen LogP contribution >= 0.6 is 0 Å². The number of hydrogen-bond acceptors (Lipinski definition) is 4. The first-order valence-electron chi connectivity index (χ1n) is 7.42. The zero-order chi connectivity index (χ0) is 14.7. The van der Waals surface area contributed by atoms with Crippen molar-refractivity contribution in [1.29, 1.82) is 0 Å². The highest BCUT2D eigenvalue weighted by atomic mass is 16.5. The van der Waals surface area contributed by atoms with E-state index in [0.29, 0.717) is 5.92 Å². The molecule has 1 aliphatic rings. The molecule has 0 bridgehead atoms. The van der Waals surface area contributed by atoms with Crippen molar-refractivity contribution in [3.8, 4) is 11.5 Å². The highest BCUT2D eigenvalue weighted by Crippen LogP contribution is 2.32. The van der Waals surface area contributed by atoms with Gasteiger partial charge in [-0.05, 0) is 30.5 Å². The first-order chi connectivity index (χ1) is 10.3. The molecule has 1 fully saturated rings. The molecule has 0 radical (unpaired) electrons. The van der Waals surface area contributed by atoms with Gasteiger partial charge in [-0.2, -0.15) is 5.10 Å². The Morgan fingerprint density at radius 2 is 1.90 bits per heavy atom. The number of nitrogens with zero attached hydrogens (tertiary/aromatic N) is 2. The minimum atomic E-state index is 0.542. The maximum absolute atomic E-state index is 5.33. The van der Waals surface area contributed by atoms with E-state index in [9.17, 15) is 0 Å². The number of H-pyrrole nitrogens is 1. The van der Waals surface area contributed by atoms with E-state index in [1.54, 1.807) is 14.2 Å². The van der Waals surface area contributed by atoms with Crippen LogP contribution in [-0.2, 0) is 6.42 Å². The summed E-state index contributed by atoms with van der Waals surface area (Å²) in [7, 11) is 3.29. The lowest BCUT2D eigenvalue weighted by Gasteiger charge is -2.08. The summed E-state index contributed by atoms with van der Waals surface area (Å²) < 4.78 is 10.6. The molecule has 2 aromatic rings. The second-order valence-corrected chi connectivity index (χ2v) is 5.49. The molecule has 1 aliphatic carbocycles. The van der Waals surface area contributed by atoms with E-state index in [1.165, 1.54) is 25.7 Å². The molecule has 0 atom stereocenters. The Morgan fingerprint density at radius 1 is 1.14 bits per heavy atom. The quantitative estimate of drug-likeness (QED) is 0.918. The third-order valence-corrected chi connectivity index (χ3v) is 4.09. The van der Waals surface area contributed by atoms with Crippen molar-refractivity contribution in [3.63, 3.8) is 0 Å². The Morgan fingerprint density at radius 3 is 2.62 bits per heavy atom. The lowest BCUT2D eigenvalue weighted by atomic mass is 10.1. The van der Waals surface area contributed by atoms with Crippen LogP contribution in [0, 0.1) is 0 Å². The smallest absolute Gasteiger partial charge is 0.161 e. The standard InChI is InChI=1S/C16H21N3O2/c1-20-13-8-7-11(9-14(13)21-2)10-15-17-16(19-18-15)12-5-3-4-6-12/h7-9,12H,3-6,10H2,1-2H3,(H,17,18,19). The molecule has 0 aliphatic heterocycles. The summed E-state index contributed by atoms with van der Waals surface area (Å²) in [5.41, 5.74) is 1.13. The van der Waals surface area contributed by atoms with Crippen molar-refractivity contribution in [2.24, 2.45) is 0 Å². The summed E-state index contributed by atoms with van der Waals surface area (Å²) in [5.74, 6) is 3.91. The van der Waals surface area contributed by atoms with E-state index in [2.05, 4.69) is 15.2 Å². The highest BCUT2D eigenvalue weighted by Gasteiger charge is 2.21. The van der Waals surface area contributed by atoms with Gasteiger partial charge in [0.15, 0.2) is 17.3 Å². The van der Waals surface area contributed by atoms with E-state index in [0.717, 1.165) is 35.1 Å². The first-order valence-corrected chi connectivity index (χ1v) is 7.42. The fourth-order valence-corrected chi connectivity index (χ4v) is 2.94. The van der Waals surface area contributed by atoms with Gasteiger partial charge in [0.2, 0.25) is 0 Å². The van der Waals surface area contributed by atoms with Crippen LogP contribution in [0.4, 0.5) is 0 Å². The van der Waals surface area contributed by atoms with Crippen molar-refractivity contribution in [2.75, 3.05) is 14.2 Å². The van der Waals surface area contributed by atoms with Crippen molar-refractivity contribution < 1.29 is 9.47 Å². The van der Waals surface area contributed by atoms with Crippen LogP contribution in [-0.4, -0.2) is 29.4 Å². The summed E-state index contributed by atoms with van der Waals surface area (Å²) in [5, 5.41) is 7.44. The summed E-state index contributed by atoms with van der Waals surface area (Å²) >= 11 is 0. The number of hydrogen-bond donors (Lipinski definition) is 1. The molecule has 0 spiro atoms. The van der Waals surface area contributed by atoms with Crippen LogP contribution in [0.1, 0.15) is 48.8 Å². The Kier molecular flexibility index (Phi) is 4.08. The van der Waals surface area contributed by atoms with Gasteiger partial charge in [0, 0.05) is 12.3 Å². The second kappa shape index (κ2) is 6.16. The van der Waals surface area contributed by atoms with Crippen LogP contribution < -0.4 is 9.47 Å². The Hall–Kier alpha value is -2.04. The number of aromatic nitrogens is 3. The van der Waals surface area contributed by atoms with E-state index in [-0.39, 0.29) is 0 Å². The normalized spacial score (nSPS) is 15.3. The van der Waals surface area contributed by atoms with Crippen molar-refractivity contribution in [2.45, 2.75) is 38.0 Å². The zero-order valence-corrected chi connectivity index (χ0v) is 12.6. The van der Waals surface area contributed by atoms with Crippen LogP contribution in [0.5, 0.6) is 11.5 Å². The molecule has 0 amide bonds. The second-order valence-electron chi connectivity index (χ2n) is 5.49. The molecule has 21 heavy (non-hydrogen) atoms. The molecule has 1 heterocycles. The fourth-order valence-electron chi connectivity index (χ4n) is 2.94. The Balaban J connectivity index is 1.74. The summed E-state index contributed by atoms with van der Waals surface area (Å²) in [6.45, 7) is 0. The predicted molar refractivity (Wildman–Crippen MR) is 79.9 cm³/mol. The predicted octanol–water partition coefficient (Wildman–Crippen LogP) is 3.07. The maximum Gasteiger partial charge on any atom is 0.161 e. The molecule has 0 saturated heterocycles. The van der Waals surface area contributed by atoms with E-state index in [1.807, 2.05) is 18.2 Å². The minimum Gasteiger partial charge on any atom is -0.493 e. The highest BCUT2D eigenvalue weighted by molar-refractivity contribution is 5.43. The van der Waals surface area contributed by atoms with E-state index >= 15 is 0 Å². The monoisotopic (exact) mass is 287 g/mol. The summed E-state index contributed by atoms with van der Waals surface area (Å²) in [4.78, 5) is 4.65. The van der Waals surface area contributed by atoms with Gasteiger partial charge in [-0.3, -0.25) is 5.10 Å². The molecule has 5 heteroatoms. The minimum absolute atomic E-state index is 0.542. The third-order valence-electron chi connectivity index (χ3n) is 4.09. The lowest BCUT2D eigenvalue weighted by molar-refractivity contribution is 0.354. The Bertz CT molecular complexity index is 603. The molecule has 112 valence electrons. The zero-order valence-electron chi connectivity index (χ0n) is 12.6. The van der Waals surface area contributed by atoms with Crippen LogP contribution in [0.25, 0.3) is 0 Å². The molecule has 0 unspecified atom stereocenters. The average Bonchev–Trinajstić information content (AvgIpc) is 3.17. The van der Waals surface area contributed by atoms with E-state index < -0.39 is 0 Å². The van der Waals surface area contributed by atoms with Gasteiger partial charge in [0.1, 0.15) is 5.82 Å². The van der Waals surface area contributed by atoms with Gasteiger partial charge >= 0.3 is 0 Å². The van der Waals surface area contributed by atoms with Crippen molar-refractivity contribution in [1.82, 2.24) is 15.2 Å². The number of methoxy groups -OCH3 is 2.